The van der Waals surface area contributed by atoms with Crippen LogP contribution in [0.25, 0.3) is 0 Å². The highest BCUT2D eigenvalue weighted by Gasteiger charge is 2.31. The van der Waals surface area contributed by atoms with Crippen molar-refractivity contribution in [3.05, 3.63) is 45.8 Å². The van der Waals surface area contributed by atoms with Crippen LogP contribution in [0, 0.1) is 0 Å². The zero-order valence-corrected chi connectivity index (χ0v) is 14.9. The van der Waals surface area contributed by atoms with Crippen molar-refractivity contribution in [1.29, 1.82) is 0 Å². The van der Waals surface area contributed by atoms with Gasteiger partial charge < -0.3 is 4.90 Å². The molecule has 0 amide bonds. The minimum absolute atomic E-state index is 0.203. The molecule has 4 rings (SSSR count). The molecule has 0 spiro atoms. The van der Waals surface area contributed by atoms with E-state index >= 15 is 0 Å². The van der Waals surface area contributed by atoms with Gasteiger partial charge in [0.05, 0.1) is 5.69 Å². The SMILES string of the molecule is CN(Cc1ccnc(=O)n1C)C1CN(c2cc3c(nn2)CCCC3)C1. The first-order valence-corrected chi connectivity index (χ1v) is 8.93. The smallest absolute Gasteiger partial charge is 0.347 e. The summed E-state index contributed by atoms with van der Waals surface area (Å²) >= 11 is 0. The Morgan fingerprint density at radius 3 is 2.88 bits per heavy atom. The Labute approximate surface area is 147 Å². The van der Waals surface area contributed by atoms with E-state index in [1.54, 1.807) is 17.8 Å². The van der Waals surface area contributed by atoms with Crippen molar-refractivity contribution in [1.82, 2.24) is 24.6 Å². The quantitative estimate of drug-likeness (QED) is 0.819. The number of rotatable bonds is 4. The standard InChI is InChI=1S/C18H24N6O/c1-22(10-14-7-8-19-18(25)23(14)2)15-11-24(12-15)17-9-13-5-3-4-6-16(13)20-21-17/h7-9,15H,3-6,10-12H2,1-2H3. The second kappa shape index (κ2) is 6.55. The highest BCUT2D eigenvalue weighted by molar-refractivity contribution is 5.45. The molecule has 7 nitrogen and oxygen atoms in total. The van der Waals surface area contributed by atoms with Crippen molar-refractivity contribution < 1.29 is 0 Å². The van der Waals surface area contributed by atoms with Gasteiger partial charge in [0.15, 0.2) is 5.82 Å². The Morgan fingerprint density at radius 1 is 1.24 bits per heavy atom. The van der Waals surface area contributed by atoms with Gasteiger partial charge in [0.25, 0.3) is 0 Å². The fourth-order valence-corrected chi connectivity index (χ4v) is 3.61. The molecule has 7 heteroatoms. The summed E-state index contributed by atoms with van der Waals surface area (Å²) in [5.41, 5.74) is 3.34. The molecule has 0 unspecified atom stereocenters. The largest absolute Gasteiger partial charge is 0.352 e. The van der Waals surface area contributed by atoms with Gasteiger partial charge in [-0.15, -0.1) is 5.10 Å². The zero-order valence-electron chi connectivity index (χ0n) is 14.9. The average molecular weight is 340 g/mol. The summed E-state index contributed by atoms with van der Waals surface area (Å²) in [5.74, 6) is 1.00. The molecule has 1 aliphatic heterocycles. The molecule has 0 saturated carbocycles. The van der Waals surface area contributed by atoms with Crippen LogP contribution in [-0.4, -0.2) is 50.8 Å². The first-order valence-electron chi connectivity index (χ1n) is 8.93. The summed E-state index contributed by atoms with van der Waals surface area (Å²) in [5, 5.41) is 8.85. The lowest BCUT2D eigenvalue weighted by Gasteiger charge is -2.44. The van der Waals surface area contributed by atoms with Crippen LogP contribution >= 0.6 is 0 Å². The fourth-order valence-electron chi connectivity index (χ4n) is 3.61. The van der Waals surface area contributed by atoms with Crippen molar-refractivity contribution in [2.75, 3.05) is 25.0 Å². The van der Waals surface area contributed by atoms with E-state index in [4.69, 9.17) is 0 Å². The maximum absolute atomic E-state index is 11.6. The lowest BCUT2D eigenvalue weighted by atomic mass is 9.96. The third kappa shape index (κ3) is 3.16. The number of nitrogens with zero attached hydrogens (tertiary/aromatic N) is 6. The highest BCUT2D eigenvalue weighted by Crippen LogP contribution is 2.26. The molecule has 3 heterocycles. The molecule has 25 heavy (non-hydrogen) atoms. The van der Waals surface area contributed by atoms with Crippen molar-refractivity contribution in [3.8, 4) is 0 Å². The lowest BCUT2D eigenvalue weighted by Crippen LogP contribution is -2.58. The second-order valence-corrected chi connectivity index (χ2v) is 7.13. The van der Waals surface area contributed by atoms with Crippen LogP contribution in [0.1, 0.15) is 29.8 Å². The highest BCUT2D eigenvalue weighted by atomic mass is 16.1. The molecule has 0 radical (unpaired) electrons. The van der Waals surface area contributed by atoms with Gasteiger partial charge >= 0.3 is 5.69 Å². The molecule has 2 aliphatic rings. The number of likely N-dealkylation sites (N-methyl/N-ethyl adjacent to an activating group) is 1. The van der Waals surface area contributed by atoms with E-state index in [9.17, 15) is 4.79 Å². The average Bonchev–Trinajstić information content (AvgIpc) is 2.57. The molecular weight excluding hydrogens is 316 g/mol. The van der Waals surface area contributed by atoms with Gasteiger partial charge in [-0.2, -0.15) is 5.10 Å². The number of anilines is 1. The summed E-state index contributed by atoms with van der Waals surface area (Å²) in [6, 6.07) is 4.59. The summed E-state index contributed by atoms with van der Waals surface area (Å²) < 4.78 is 1.61. The van der Waals surface area contributed by atoms with Crippen molar-refractivity contribution in [2.24, 2.45) is 7.05 Å². The van der Waals surface area contributed by atoms with E-state index in [1.165, 1.54) is 24.1 Å². The molecule has 1 fully saturated rings. The molecule has 0 aromatic carbocycles. The van der Waals surface area contributed by atoms with Crippen LogP contribution < -0.4 is 10.6 Å². The Bertz CT molecular complexity index is 827. The molecule has 1 saturated heterocycles. The monoisotopic (exact) mass is 340 g/mol. The number of aryl methyl sites for hydroxylation is 2. The van der Waals surface area contributed by atoms with Crippen LogP contribution in [0.15, 0.2) is 23.1 Å². The topological polar surface area (TPSA) is 67.2 Å². The van der Waals surface area contributed by atoms with E-state index in [1.807, 2.05) is 6.07 Å². The third-order valence-corrected chi connectivity index (χ3v) is 5.45. The summed E-state index contributed by atoms with van der Waals surface area (Å²) in [4.78, 5) is 20.0. The minimum atomic E-state index is -0.203. The van der Waals surface area contributed by atoms with E-state index in [0.29, 0.717) is 6.04 Å². The molecule has 132 valence electrons. The van der Waals surface area contributed by atoms with Crippen LogP contribution in [-0.2, 0) is 26.4 Å². The first-order chi connectivity index (χ1) is 12.1. The van der Waals surface area contributed by atoms with Gasteiger partial charge in [0.1, 0.15) is 0 Å². The minimum Gasteiger partial charge on any atom is -0.352 e. The normalized spacial score (nSPS) is 17.5. The Hall–Kier alpha value is -2.28. The predicted molar refractivity (Wildman–Crippen MR) is 95.6 cm³/mol. The lowest BCUT2D eigenvalue weighted by molar-refractivity contribution is 0.192. The molecule has 0 bridgehead atoms. The molecule has 0 N–H and O–H groups in total. The van der Waals surface area contributed by atoms with Gasteiger partial charge in [-0.05, 0) is 50.4 Å². The Kier molecular flexibility index (Phi) is 4.25. The first kappa shape index (κ1) is 16.2. The van der Waals surface area contributed by atoms with Crippen LogP contribution in [0.4, 0.5) is 5.82 Å². The van der Waals surface area contributed by atoms with E-state index in [2.05, 4.69) is 38.1 Å². The maximum atomic E-state index is 11.6. The number of aromatic nitrogens is 4. The van der Waals surface area contributed by atoms with Gasteiger partial charge in [-0.3, -0.25) is 9.47 Å². The molecule has 1 aliphatic carbocycles. The van der Waals surface area contributed by atoms with Gasteiger partial charge in [0.2, 0.25) is 0 Å². The number of hydrogen-bond acceptors (Lipinski definition) is 6. The Morgan fingerprint density at radius 2 is 2.04 bits per heavy atom. The fraction of sp³-hybridized carbons (Fsp3) is 0.556. The van der Waals surface area contributed by atoms with Crippen molar-refractivity contribution in [3.63, 3.8) is 0 Å². The van der Waals surface area contributed by atoms with Crippen molar-refractivity contribution in [2.45, 2.75) is 38.3 Å². The van der Waals surface area contributed by atoms with Crippen LogP contribution in [0.2, 0.25) is 0 Å². The van der Waals surface area contributed by atoms with Crippen LogP contribution in [0.3, 0.4) is 0 Å². The summed E-state index contributed by atoms with van der Waals surface area (Å²) in [6.07, 6.45) is 6.27. The predicted octanol–water partition coefficient (Wildman–Crippen LogP) is 0.770. The number of hydrogen-bond donors (Lipinski definition) is 0. The van der Waals surface area contributed by atoms with Gasteiger partial charge in [0, 0.05) is 44.6 Å². The van der Waals surface area contributed by atoms with Crippen LogP contribution in [0.5, 0.6) is 0 Å². The van der Waals surface area contributed by atoms with E-state index < -0.39 is 0 Å². The van der Waals surface area contributed by atoms with Gasteiger partial charge in [-0.1, -0.05) is 0 Å². The molecule has 0 atom stereocenters. The van der Waals surface area contributed by atoms with E-state index in [0.717, 1.165) is 44.0 Å². The molecule has 2 aromatic rings. The maximum Gasteiger partial charge on any atom is 0.347 e. The summed E-state index contributed by atoms with van der Waals surface area (Å²) in [6.45, 7) is 2.63. The Balaban J connectivity index is 1.38. The van der Waals surface area contributed by atoms with Crippen molar-refractivity contribution >= 4 is 5.82 Å². The van der Waals surface area contributed by atoms with E-state index in [-0.39, 0.29) is 5.69 Å². The molecule has 2 aromatic heterocycles. The zero-order chi connectivity index (χ0) is 17.4. The van der Waals surface area contributed by atoms with Gasteiger partial charge in [-0.25, -0.2) is 9.78 Å². The number of fused-ring (bicyclic) bond motifs is 1. The third-order valence-electron chi connectivity index (χ3n) is 5.45. The second-order valence-electron chi connectivity index (χ2n) is 7.13. The summed E-state index contributed by atoms with van der Waals surface area (Å²) in [7, 11) is 3.87. The molecular formula is C18H24N6O.